The number of hydrazine groups is 1. The number of rotatable bonds is 4. The molecule has 1 saturated carbocycles. The molecule has 0 aromatic carbocycles. The first kappa shape index (κ1) is 14.2. The van der Waals surface area contributed by atoms with E-state index in [0.717, 1.165) is 0 Å². The zero-order valence-electron chi connectivity index (χ0n) is 10.4. The molecular weight excluding hydrogens is 268 g/mol. The molecule has 19 heavy (non-hydrogen) atoms. The van der Waals surface area contributed by atoms with Gasteiger partial charge in [-0.2, -0.15) is 0 Å². The summed E-state index contributed by atoms with van der Waals surface area (Å²) in [5.74, 6) is 5.30. The summed E-state index contributed by atoms with van der Waals surface area (Å²) in [7, 11) is -3.66. The highest BCUT2D eigenvalue weighted by Gasteiger charge is 2.26. The molecule has 8 heteroatoms. The van der Waals surface area contributed by atoms with Gasteiger partial charge in [-0.3, -0.25) is 10.8 Å². The van der Waals surface area contributed by atoms with Crippen molar-refractivity contribution in [2.75, 3.05) is 5.43 Å². The third-order valence-electron chi connectivity index (χ3n) is 3.25. The van der Waals surface area contributed by atoms with Crippen molar-refractivity contribution >= 4 is 15.7 Å². The van der Waals surface area contributed by atoms with Gasteiger partial charge in [-0.1, -0.05) is 0 Å². The van der Waals surface area contributed by atoms with Crippen LogP contribution in [0.4, 0.5) is 5.69 Å². The lowest BCUT2D eigenvalue weighted by Gasteiger charge is -2.26. The molecule has 0 spiro atoms. The molecule has 0 unspecified atom stereocenters. The van der Waals surface area contributed by atoms with Crippen molar-refractivity contribution in [3.63, 3.8) is 0 Å². The average molecular weight is 286 g/mol. The van der Waals surface area contributed by atoms with Gasteiger partial charge in [-0.05, 0) is 31.7 Å². The maximum atomic E-state index is 12.3. The lowest BCUT2D eigenvalue weighted by Crippen LogP contribution is -2.38. The first-order valence-corrected chi connectivity index (χ1v) is 7.62. The average Bonchev–Trinajstić information content (AvgIpc) is 2.41. The Hall–Kier alpha value is -1.22. The first-order chi connectivity index (χ1) is 9.03. The third kappa shape index (κ3) is 3.41. The highest BCUT2D eigenvalue weighted by atomic mass is 32.2. The minimum atomic E-state index is -3.66. The van der Waals surface area contributed by atoms with Crippen LogP contribution in [0.25, 0.3) is 0 Å². The Kier molecular flexibility index (Phi) is 4.35. The van der Waals surface area contributed by atoms with Gasteiger partial charge < -0.3 is 10.5 Å². The van der Waals surface area contributed by atoms with E-state index in [1.54, 1.807) is 0 Å². The van der Waals surface area contributed by atoms with Crippen LogP contribution in [0.3, 0.4) is 0 Å². The van der Waals surface area contributed by atoms with Crippen LogP contribution in [-0.4, -0.2) is 30.7 Å². The monoisotopic (exact) mass is 286 g/mol. The van der Waals surface area contributed by atoms with Crippen LogP contribution < -0.4 is 16.0 Å². The number of nitrogens with zero attached hydrogens (tertiary/aromatic N) is 1. The molecular formula is C11H18N4O3S. The van der Waals surface area contributed by atoms with E-state index >= 15 is 0 Å². The van der Waals surface area contributed by atoms with Crippen LogP contribution in [0.15, 0.2) is 23.4 Å². The summed E-state index contributed by atoms with van der Waals surface area (Å²) in [6.07, 6.45) is 4.89. The Morgan fingerprint density at radius 3 is 2.63 bits per heavy atom. The number of aliphatic hydroxyl groups is 1. The molecule has 0 bridgehead atoms. The Morgan fingerprint density at radius 2 is 2.00 bits per heavy atom. The van der Waals surface area contributed by atoms with Crippen LogP contribution in [0.2, 0.25) is 0 Å². The number of aromatic nitrogens is 1. The summed E-state index contributed by atoms with van der Waals surface area (Å²) in [4.78, 5) is 3.84. The molecule has 1 aliphatic rings. The van der Waals surface area contributed by atoms with Gasteiger partial charge in [-0.15, -0.1) is 0 Å². The second-order valence-electron chi connectivity index (χ2n) is 4.64. The molecule has 1 aromatic rings. The van der Waals surface area contributed by atoms with Gasteiger partial charge in [0.15, 0.2) is 0 Å². The fourth-order valence-corrected chi connectivity index (χ4v) is 3.61. The third-order valence-corrected chi connectivity index (χ3v) is 4.80. The molecule has 1 heterocycles. The molecule has 1 aromatic heterocycles. The van der Waals surface area contributed by atoms with E-state index in [0.29, 0.717) is 31.4 Å². The van der Waals surface area contributed by atoms with Crippen molar-refractivity contribution in [3.05, 3.63) is 18.5 Å². The highest BCUT2D eigenvalue weighted by molar-refractivity contribution is 7.89. The molecule has 0 atom stereocenters. The summed E-state index contributed by atoms with van der Waals surface area (Å²) < 4.78 is 27.1. The van der Waals surface area contributed by atoms with Crippen LogP contribution in [0, 0.1) is 0 Å². The molecule has 106 valence electrons. The smallest absolute Gasteiger partial charge is 0.244 e. The topological polar surface area (TPSA) is 117 Å². The second-order valence-corrected chi connectivity index (χ2v) is 6.33. The molecule has 0 amide bonds. The van der Waals surface area contributed by atoms with E-state index < -0.39 is 10.0 Å². The van der Waals surface area contributed by atoms with E-state index in [1.807, 2.05) is 0 Å². The van der Waals surface area contributed by atoms with Gasteiger partial charge >= 0.3 is 0 Å². The number of pyridine rings is 1. The van der Waals surface area contributed by atoms with Crippen molar-refractivity contribution in [2.24, 2.45) is 5.84 Å². The van der Waals surface area contributed by atoms with Gasteiger partial charge in [0, 0.05) is 18.4 Å². The van der Waals surface area contributed by atoms with Gasteiger partial charge in [0.25, 0.3) is 0 Å². The number of nitrogens with one attached hydrogen (secondary N) is 2. The molecule has 5 N–H and O–H groups in total. The second kappa shape index (κ2) is 5.83. The number of aliphatic hydroxyl groups excluding tert-OH is 1. The lowest BCUT2D eigenvalue weighted by atomic mass is 9.94. The minimum Gasteiger partial charge on any atom is -0.393 e. The summed E-state index contributed by atoms with van der Waals surface area (Å²) in [5, 5.41) is 9.41. The van der Waals surface area contributed by atoms with Gasteiger partial charge in [0.05, 0.1) is 11.8 Å². The summed E-state index contributed by atoms with van der Waals surface area (Å²) in [6.45, 7) is 0. The van der Waals surface area contributed by atoms with Gasteiger partial charge in [0.1, 0.15) is 4.90 Å². The highest BCUT2D eigenvalue weighted by Crippen LogP contribution is 2.23. The van der Waals surface area contributed by atoms with E-state index in [1.165, 1.54) is 18.5 Å². The van der Waals surface area contributed by atoms with E-state index in [2.05, 4.69) is 15.1 Å². The fourth-order valence-electron chi connectivity index (χ4n) is 2.19. The van der Waals surface area contributed by atoms with Crippen LogP contribution in [0.5, 0.6) is 0 Å². The minimum absolute atomic E-state index is 0.0311. The number of nitrogens with two attached hydrogens (primary N) is 1. The summed E-state index contributed by atoms with van der Waals surface area (Å²) >= 11 is 0. The number of anilines is 1. The van der Waals surface area contributed by atoms with Crippen molar-refractivity contribution in [2.45, 2.75) is 42.7 Å². The zero-order valence-corrected chi connectivity index (χ0v) is 11.2. The Labute approximate surface area is 112 Å². The first-order valence-electron chi connectivity index (χ1n) is 6.14. The predicted molar refractivity (Wildman–Crippen MR) is 70.6 cm³/mol. The fraction of sp³-hybridized carbons (Fsp3) is 0.545. The van der Waals surface area contributed by atoms with E-state index in [-0.39, 0.29) is 17.0 Å². The Morgan fingerprint density at radius 1 is 1.32 bits per heavy atom. The number of hydrogen-bond acceptors (Lipinski definition) is 6. The molecule has 7 nitrogen and oxygen atoms in total. The van der Waals surface area contributed by atoms with Gasteiger partial charge in [-0.25, -0.2) is 13.1 Å². The Balaban J connectivity index is 2.14. The van der Waals surface area contributed by atoms with Crippen molar-refractivity contribution < 1.29 is 13.5 Å². The molecule has 0 aliphatic heterocycles. The number of hydrogen-bond donors (Lipinski definition) is 4. The van der Waals surface area contributed by atoms with E-state index in [9.17, 15) is 13.5 Å². The SMILES string of the molecule is NNc1ccncc1S(=O)(=O)NC1CCC(O)CC1. The zero-order chi connectivity index (χ0) is 13.9. The maximum Gasteiger partial charge on any atom is 0.244 e. The van der Waals surface area contributed by atoms with E-state index in [4.69, 9.17) is 5.84 Å². The lowest BCUT2D eigenvalue weighted by molar-refractivity contribution is 0.120. The summed E-state index contributed by atoms with van der Waals surface area (Å²) in [6, 6.07) is 1.35. The molecule has 0 radical (unpaired) electrons. The Bertz CT molecular complexity index is 526. The maximum absolute atomic E-state index is 12.3. The largest absolute Gasteiger partial charge is 0.393 e. The summed E-state index contributed by atoms with van der Waals surface area (Å²) in [5.41, 5.74) is 2.65. The quantitative estimate of drug-likeness (QED) is 0.455. The predicted octanol–water partition coefficient (Wildman–Crippen LogP) is -0.0510. The van der Waals surface area contributed by atoms with Crippen LogP contribution in [0.1, 0.15) is 25.7 Å². The number of sulfonamides is 1. The standard InChI is InChI=1S/C11H18N4O3S/c12-14-10-5-6-13-7-11(10)19(17,18)15-8-1-3-9(16)4-2-8/h5-9,15-16H,1-4,12H2,(H,13,14). The molecule has 1 fully saturated rings. The molecule has 2 rings (SSSR count). The van der Waals surface area contributed by atoms with Gasteiger partial charge in [0.2, 0.25) is 10.0 Å². The molecule has 0 saturated heterocycles. The molecule has 1 aliphatic carbocycles. The van der Waals surface area contributed by atoms with Crippen molar-refractivity contribution in [3.8, 4) is 0 Å². The van der Waals surface area contributed by atoms with Crippen LogP contribution in [-0.2, 0) is 10.0 Å². The van der Waals surface area contributed by atoms with Crippen LogP contribution >= 0.6 is 0 Å². The van der Waals surface area contributed by atoms with Crippen molar-refractivity contribution in [1.29, 1.82) is 0 Å². The normalized spacial score (nSPS) is 24.1. The number of nitrogen functional groups attached to an aromatic ring is 1. The van der Waals surface area contributed by atoms with Crippen molar-refractivity contribution in [1.82, 2.24) is 9.71 Å².